The summed E-state index contributed by atoms with van der Waals surface area (Å²) < 4.78 is 1.95. The van der Waals surface area contributed by atoms with E-state index in [1.54, 1.807) is 29.1 Å². The Labute approximate surface area is 157 Å². The highest BCUT2D eigenvalue weighted by molar-refractivity contribution is 7.99. The van der Waals surface area contributed by atoms with E-state index in [0.717, 1.165) is 16.6 Å². The third-order valence-corrected chi connectivity index (χ3v) is 5.42. The molecule has 2 amide bonds. The highest BCUT2D eigenvalue weighted by Gasteiger charge is 2.30. The fourth-order valence-electron chi connectivity index (χ4n) is 2.92. The normalized spacial score (nSPS) is 17.3. The van der Waals surface area contributed by atoms with E-state index in [1.165, 1.54) is 0 Å². The Morgan fingerprint density at radius 3 is 2.96 bits per heavy atom. The molecule has 1 saturated heterocycles. The van der Waals surface area contributed by atoms with Crippen LogP contribution in [0.3, 0.4) is 0 Å². The molecule has 1 atom stereocenters. The summed E-state index contributed by atoms with van der Waals surface area (Å²) in [5, 5.41) is 3.92. The van der Waals surface area contributed by atoms with Crippen molar-refractivity contribution < 1.29 is 9.59 Å². The number of thioether (sulfide) groups is 1. The molecular formula is C18H23N5O2S. The lowest BCUT2D eigenvalue weighted by Crippen LogP contribution is -2.45. The fourth-order valence-corrected chi connectivity index (χ4v) is 3.71. The maximum Gasteiger partial charge on any atom is 0.224 e. The number of nitrogens with one attached hydrogen (secondary N) is 1. The third kappa shape index (κ3) is 4.85. The van der Waals surface area contributed by atoms with Gasteiger partial charge in [-0.1, -0.05) is 17.8 Å². The number of aromatic nitrogens is 3. The largest absolute Gasteiger partial charge is 0.355 e. The standard InChI is InChI=1S/C18H23N5O2S/c1-22-10-8-21-18(22)26-11-9-20-17(25)14-5-6-16(24)23(12-14)13-15-4-2-3-7-19-15/h2-4,7-8,10,14H,5-6,9,11-13H2,1H3,(H,20,25)/t14-/m0/s1. The van der Waals surface area contributed by atoms with E-state index in [2.05, 4.69) is 15.3 Å². The number of piperidine rings is 1. The zero-order valence-corrected chi connectivity index (χ0v) is 15.6. The Bertz CT molecular complexity index is 749. The van der Waals surface area contributed by atoms with E-state index in [1.807, 2.05) is 36.0 Å². The number of hydrogen-bond acceptors (Lipinski definition) is 5. The molecule has 0 aliphatic carbocycles. The van der Waals surface area contributed by atoms with Gasteiger partial charge in [0.25, 0.3) is 0 Å². The van der Waals surface area contributed by atoms with Crippen LogP contribution in [0.15, 0.2) is 41.9 Å². The summed E-state index contributed by atoms with van der Waals surface area (Å²) in [5.41, 5.74) is 0.841. The Balaban J connectivity index is 1.45. The molecule has 2 aromatic rings. The van der Waals surface area contributed by atoms with Crippen molar-refractivity contribution in [3.05, 3.63) is 42.5 Å². The maximum absolute atomic E-state index is 12.4. The first-order chi connectivity index (χ1) is 12.6. The van der Waals surface area contributed by atoms with Gasteiger partial charge >= 0.3 is 0 Å². The number of carbonyl (C=O) groups excluding carboxylic acids is 2. The van der Waals surface area contributed by atoms with Crippen LogP contribution in [0.4, 0.5) is 0 Å². The second kappa shape index (κ2) is 8.84. The first-order valence-corrected chi connectivity index (χ1v) is 9.67. The molecule has 1 N–H and O–H groups in total. The summed E-state index contributed by atoms with van der Waals surface area (Å²) in [6, 6.07) is 5.65. The van der Waals surface area contributed by atoms with Gasteiger partial charge < -0.3 is 14.8 Å². The predicted octanol–water partition coefficient (Wildman–Crippen LogP) is 1.46. The van der Waals surface area contributed by atoms with Gasteiger partial charge in [-0.2, -0.15) is 0 Å². The van der Waals surface area contributed by atoms with Crippen molar-refractivity contribution in [3.63, 3.8) is 0 Å². The van der Waals surface area contributed by atoms with Crippen molar-refractivity contribution in [3.8, 4) is 0 Å². The van der Waals surface area contributed by atoms with Gasteiger partial charge in [0.1, 0.15) is 0 Å². The van der Waals surface area contributed by atoms with Crippen LogP contribution in [0.2, 0.25) is 0 Å². The minimum Gasteiger partial charge on any atom is -0.355 e. The number of carbonyl (C=O) groups is 2. The number of amides is 2. The fraction of sp³-hybridized carbons (Fsp3) is 0.444. The monoisotopic (exact) mass is 373 g/mol. The average molecular weight is 373 g/mol. The van der Waals surface area contributed by atoms with Crippen LogP contribution >= 0.6 is 11.8 Å². The van der Waals surface area contributed by atoms with Gasteiger partial charge in [-0.25, -0.2) is 4.98 Å². The number of nitrogens with zero attached hydrogens (tertiary/aromatic N) is 4. The highest BCUT2D eigenvalue weighted by atomic mass is 32.2. The molecule has 2 aromatic heterocycles. The molecule has 0 radical (unpaired) electrons. The quantitative estimate of drug-likeness (QED) is 0.587. The van der Waals surface area contributed by atoms with E-state index in [9.17, 15) is 9.59 Å². The zero-order valence-electron chi connectivity index (χ0n) is 14.8. The lowest BCUT2D eigenvalue weighted by atomic mass is 9.96. The van der Waals surface area contributed by atoms with Gasteiger partial charge in [-0.3, -0.25) is 14.6 Å². The van der Waals surface area contributed by atoms with Gasteiger partial charge in [-0.15, -0.1) is 0 Å². The predicted molar refractivity (Wildman–Crippen MR) is 99.3 cm³/mol. The molecule has 7 nitrogen and oxygen atoms in total. The van der Waals surface area contributed by atoms with Crippen molar-refractivity contribution in [2.45, 2.75) is 24.5 Å². The molecule has 8 heteroatoms. The van der Waals surface area contributed by atoms with Crippen LogP contribution in [0.1, 0.15) is 18.5 Å². The molecule has 1 fully saturated rings. The molecule has 0 bridgehead atoms. The molecule has 138 valence electrons. The minimum absolute atomic E-state index is 0.0176. The molecule has 0 aromatic carbocycles. The summed E-state index contributed by atoms with van der Waals surface area (Å²) in [6.45, 7) is 1.49. The first kappa shape index (κ1) is 18.4. The first-order valence-electron chi connectivity index (χ1n) is 8.69. The zero-order chi connectivity index (χ0) is 18.4. The lowest BCUT2D eigenvalue weighted by molar-refractivity contribution is -0.138. The van der Waals surface area contributed by atoms with Crippen LogP contribution in [-0.4, -0.2) is 50.1 Å². The van der Waals surface area contributed by atoms with Crippen LogP contribution in [0, 0.1) is 5.92 Å². The summed E-state index contributed by atoms with van der Waals surface area (Å²) >= 11 is 1.61. The Kier molecular flexibility index (Phi) is 6.27. The molecule has 1 aliphatic heterocycles. The number of imidazole rings is 1. The number of aryl methyl sites for hydroxylation is 1. The number of hydrogen-bond donors (Lipinski definition) is 1. The summed E-state index contributed by atoms with van der Waals surface area (Å²) in [6.07, 6.45) is 6.39. The van der Waals surface area contributed by atoms with Crippen molar-refractivity contribution in [2.75, 3.05) is 18.8 Å². The molecule has 3 rings (SSSR count). The lowest BCUT2D eigenvalue weighted by Gasteiger charge is -2.31. The van der Waals surface area contributed by atoms with Crippen molar-refractivity contribution in [1.29, 1.82) is 0 Å². The van der Waals surface area contributed by atoms with Crippen molar-refractivity contribution in [2.24, 2.45) is 13.0 Å². The smallest absolute Gasteiger partial charge is 0.224 e. The molecule has 3 heterocycles. The summed E-state index contributed by atoms with van der Waals surface area (Å²) in [7, 11) is 1.95. The average Bonchev–Trinajstić information content (AvgIpc) is 3.06. The molecule has 26 heavy (non-hydrogen) atoms. The van der Waals surface area contributed by atoms with E-state index in [0.29, 0.717) is 32.5 Å². The SMILES string of the molecule is Cn1ccnc1SCCNC(=O)[C@H]1CCC(=O)N(Cc2ccccn2)C1. The van der Waals surface area contributed by atoms with Crippen LogP contribution < -0.4 is 5.32 Å². The highest BCUT2D eigenvalue weighted by Crippen LogP contribution is 2.20. The third-order valence-electron chi connectivity index (χ3n) is 4.36. The summed E-state index contributed by atoms with van der Waals surface area (Å²) in [4.78, 5) is 34.8. The molecule has 1 aliphatic rings. The van der Waals surface area contributed by atoms with Crippen molar-refractivity contribution in [1.82, 2.24) is 24.8 Å². The second-order valence-corrected chi connectivity index (χ2v) is 7.35. The molecule has 0 spiro atoms. The summed E-state index contributed by atoms with van der Waals surface area (Å²) in [5.74, 6) is 0.712. The topological polar surface area (TPSA) is 80.1 Å². The Morgan fingerprint density at radius 1 is 1.35 bits per heavy atom. The molecule has 0 saturated carbocycles. The van der Waals surface area contributed by atoms with E-state index >= 15 is 0 Å². The number of rotatable bonds is 7. The number of pyridine rings is 1. The van der Waals surface area contributed by atoms with Crippen LogP contribution in [0.25, 0.3) is 0 Å². The molecule has 0 unspecified atom stereocenters. The van der Waals surface area contributed by atoms with Gasteiger partial charge in [0.15, 0.2) is 5.16 Å². The van der Waals surface area contributed by atoms with Crippen LogP contribution in [0.5, 0.6) is 0 Å². The van der Waals surface area contributed by atoms with Gasteiger partial charge in [0.2, 0.25) is 11.8 Å². The maximum atomic E-state index is 12.4. The van der Waals surface area contributed by atoms with Gasteiger partial charge in [-0.05, 0) is 18.6 Å². The Morgan fingerprint density at radius 2 is 2.23 bits per heavy atom. The molecular weight excluding hydrogens is 350 g/mol. The second-order valence-electron chi connectivity index (χ2n) is 6.29. The Hall–Kier alpha value is -2.35. The van der Waals surface area contributed by atoms with E-state index in [-0.39, 0.29) is 17.7 Å². The minimum atomic E-state index is -0.158. The van der Waals surface area contributed by atoms with E-state index in [4.69, 9.17) is 0 Å². The van der Waals surface area contributed by atoms with Crippen LogP contribution in [-0.2, 0) is 23.2 Å². The van der Waals surface area contributed by atoms with Gasteiger partial charge in [0.05, 0.1) is 18.2 Å². The number of likely N-dealkylation sites (tertiary alicyclic amines) is 1. The van der Waals surface area contributed by atoms with Crippen molar-refractivity contribution >= 4 is 23.6 Å². The van der Waals surface area contributed by atoms with E-state index < -0.39 is 0 Å². The van der Waals surface area contributed by atoms with Gasteiger partial charge in [0, 0.05) is 50.9 Å².